The third-order valence-corrected chi connectivity index (χ3v) is 7.73. The Labute approximate surface area is 201 Å². The molecule has 0 bridgehead atoms. The van der Waals surface area contributed by atoms with Crippen molar-refractivity contribution in [3.63, 3.8) is 0 Å². The van der Waals surface area contributed by atoms with Gasteiger partial charge in [-0.2, -0.15) is 0 Å². The molecule has 9 nitrogen and oxygen atoms in total. The second-order valence-corrected chi connectivity index (χ2v) is 10.1. The maximum Gasteiger partial charge on any atom is 0.243 e. The molecule has 0 aliphatic heterocycles. The van der Waals surface area contributed by atoms with E-state index < -0.39 is 15.3 Å². The molecule has 2 aromatic heterocycles. The number of rotatable bonds is 8. The summed E-state index contributed by atoms with van der Waals surface area (Å²) >= 11 is 5.96. The summed E-state index contributed by atoms with van der Waals surface area (Å²) in [6, 6.07) is 15.9. The quantitative estimate of drug-likeness (QED) is 0.379. The van der Waals surface area contributed by atoms with E-state index in [-0.39, 0.29) is 17.7 Å². The van der Waals surface area contributed by atoms with Crippen molar-refractivity contribution >= 4 is 27.6 Å². The number of anilines is 1. The van der Waals surface area contributed by atoms with Gasteiger partial charge in [0.15, 0.2) is 5.76 Å². The summed E-state index contributed by atoms with van der Waals surface area (Å²) in [5, 5.41) is 8.34. The summed E-state index contributed by atoms with van der Waals surface area (Å²) in [4.78, 5) is 0. The highest BCUT2D eigenvalue weighted by atomic mass is 35.5. The lowest BCUT2D eigenvalue weighted by Crippen LogP contribution is -2.21. The number of nitrogens with one attached hydrogen (secondary N) is 1. The number of hydrogen-bond acceptors (Lipinski definition) is 7. The van der Waals surface area contributed by atoms with E-state index in [4.69, 9.17) is 25.5 Å². The average molecular weight is 501 g/mol. The first kappa shape index (κ1) is 22.3. The van der Waals surface area contributed by atoms with Crippen molar-refractivity contribution in [3.05, 3.63) is 71.4 Å². The monoisotopic (exact) mass is 500 g/mol. The minimum Gasteiger partial charge on any atom is -0.494 e. The number of ether oxygens (including phenoxy) is 2. The first-order valence-electron chi connectivity index (χ1n) is 10.4. The molecular weight excluding hydrogens is 480 g/mol. The van der Waals surface area contributed by atoms with E-state index >= 15 is 0 Å². The van der Waals surface area contributed by atoms with Gasteiger partial charge in [0.25, 0.3) is 0 Å². The van der Waals surface area contributed by atoms with Gasteiger partial charge in [-0.05, 0) is 48.4 Å². The molecule has 1 saturated carbocycles. The van der Waals surface area contributed by atoms with Gasteiger partial charge in [0.05, 0.1) is 25.7 Å². The van der Waals surface area contributed by atoms with Crippen molar-refractivity contribution in [2.45, 2.75) is 17.6 Å². The standard InChI is InChI=1S/C23H21ClN4O5S/c1-31-17-5-3-6-18(32-2)21(17)28-22(19-7-4-12-33-19)25-26-23(28)27-34(29,30)20-13-16(20)14-8-10-15(24)11-9-14/h3-12,16,20H,13H2,1-2H3,(H,26,27)/t16-,20?/m0/s1. The summed E-state index contributed by atoms with van der Waals surface area (Å²) in [5.74, 6) is 1.44. The number of benzene rings is 2. The molecule has 11 heteroatoms. The minimum absolute atomic E-state index is 0.00374. The number of sulfonamides is 1. The van der Waals surface area contributed by atoms with Crippen molar-refractivity contribution < 1.29 is 22.3 Å². The lowest BCUT2D eigenvalue weighted by Gasteiger charge is -2.17. The van der Waals surface area contributed by atoms with Crippen molar-refractivity contribution in [3.8, 4) is 28.8 Å². The molecule has 0 radical (unpaired) electrons. The third-order valence-electron chi connectivity index (χ3n) is 5.69. The third kappa shape index (κ3) is 3.99. The Morgan fingerprint density at radius 2 is 1.74 bits per heavy atom. The van der Waals surface area contributed by atoms with Crippen LogP contribution < -0.4 is 14.2 Å². The molecule has 2 atom stereocenters. The Bertz CT molecular complexity index is 1400. The highest BCUT2D eigenvalue weighted by Gasteiger charge is 2.49. The van der Waals surface area contributed by atoms with Gasteiger partial charge in [0.2, 0.25) is 21.8 Å². The number of furan rings is 1. The van der Waals surface area contributed by atoms with E-state index in [0.29, 0.717) is 34.4 Å². The minimum atomic E-state index is -3.79. The molecule has 1 unspecified atom stereocenters. The number of aromatic nitrogens is 3. The van der Waals surface area contributed by atoms with Crippen LogP contribution in [0.5, 0.6) is 11.5 Å². The Balaban J connectivity index is 1.56. The second-order valence-electron chi connectivity index (χ2n) is 7.75. The molecule has 176 valence electrons. The average Bonchev–Trinajstić information content (AvgIpc) is 3.29. The summed E-state index contributed by atoms with van der Waals surface area (Å²) in [5.41, 5.74) is 1.36. The van der Waals surface area contributed by atoms with Crippen LogP contribution in [0.1, 0.15) is 17.9 Å². The smallest absolute Gasteiger partial charge is 0.243 e. The maximum atomic E-state index is 13.3. The molecule has 34 heavy (non-hydrogen) atoms. The van der Waals surface area contributed by atoms with Crippen molar-refractivity contribution in [2.24, 2.45) is 0 Å². The lowest BCUT2D eigenvalue weighted by molar-refractivity contribution is 0.391. The Morgan fingerprint density at radius 3 is 2.35 bits per heavy atom. The zero-order chi connectivity index (χ0) is 23.9. The van der Waals surface area contributed by atoms with Gasteiger partial charge in [-0.25, -0.2) is 8.42 Å². The van der Waals surface area contributed by atoms with Gasteiger partial charge >= 0.3 is 0 Å². The van der Waals surface area contributed by atoms with E-state index in [2.05, 4.69) is 14.9 Å². The number of halogens is 1. The zero-order valence-electron chi connectivity index (χ0n) is 18.3. The van der Waals surface area contributed by atoms with E-state index in [9.17, 15) is 8.42 Å². The molecule has 0 amide bonds. The van der Waals surface area contributed by atoms with Crippen LogP contribution >= 0.6 is 11.6 Å². The summed E-state index contributed by atoms with van der Waals surface area (Å²) in [7, 11) is -0.764. The van der Waals surface area contributed by atoms with Gasteiger partial charge in [-0.15, -0.1) is 10.2 Å². The second kappa shape index (κ2) is 8.69. The van der Waals surface area contributed by atoms with Crippen LogP contribution in [0.2, 0.25) is 5.02 Å². The largest absolute Gasteiger partial charge is 0.494 e. The SMILES string of the molecule is COc1cccc(OC)c1-n1c(NS(=O)(=O)C2C[C@H]2c2ccc(Cl)cc2)nnc1-c1ccco1. The molecule has 1 N–H and O–H groups in total. The Hall–Kier alpha value is -3.50. The van der Waals surface area contributed by atoms with Crippen LogP contribution in [0.25, 0.3) is 17.3 Å². The van der Waals surface area contributed by atoms with Crippen LogP contribution in [0.4, 0.5) is 5.95 Å². The van der Waals surface area contributed by atoms with Gasteiger partial charge in [0.1, 0.15) is 17.2 Å². The number of hydrogen-bond donors (Lipinski definition) is 1. The molecule has 2 aromatic carbocycles. The number of methoxy groups -OCH3 is 2. The first-order chi connectivity index (χ1) is 16.4. The molecule has 5 rings (SSSR count). The van der Waals surface area contributed by atoms with E-state index in [1.165, 1.54) is 25.0 Å². The fraction of sp³-hybridized carbons (Fsp3) is 0.217. The van der Waals surface area contributed by atoms with Gasteiger partial charge in [-0.1, -0.05) is 29.8 Å². The van der Waals surface area contributed by atoms with Crippen LogP contribution in [0.15, 0.2) is 65.3 Å². The number of para-hydroxylation sites is 1. The Morgan fingerprint density at radius 1 is 1.03 bits per heavy atom. The van der Waals surface area contributed by atoms with Gasteiger partial charge in [-0.3, -0.25) is 9.29 Å². The molecule has 2 heterocycles. The van der Waals surface area contributed by atoms with Crippen LogP contribution in [0, 0.1) is 0 Å². The predicted molar refractivity (Wildman–Crippen MR) is 127 cm³/mol. The molecule has 0 saturated heterocycles. The summed E-state index contributed by atoms with van der Waals surface area (Å²) in [6.45, 7) is 0. The molecule has 1 aliphatic rings. The van der Waals surface area contributed by atoms with Crippen LogP contribution in [-0.2, 0) is 10.0 Å². The predicted octanol–water partition coefficient (Wildman–Crippen LogP) is 4.50. The van der Waals surface area contributed by atoms with E-state index in [1.807, 2.05) is 12.1 Å². The van der Waals surface area contributed by atoms with Crippen LogP contribution in [-0.4, -0.2) is 42.7 Å². The lowest BCUT2D eigenvalue weighted by atomic mass is 10.1. The van der Waals surface area contributed by atoms with Crippen molar-refractivity contribution in [1.29, 1.82) is 0 Å². The fourth-order valence-electron chi connectivity index (χ4n) is 3.96. The molecule has 1 aliphatic carbocycles. The van der Waals surface area contributed by atoms with Crippen LogP contribution in [0.3, 0.4) is 0 Å². The molecule has 1 fully saturated rings. The van der Waals surface area contributed by atoms with E-state index in [0.717, 1.165) is 5.56 Å². The molecule has 0 spiro atoms. The summed E-state index contributed by atoms with van der Waals surface area (Å²) in [6.07, 6.45) is 1.99. The van der Waals surface area contributed by atoms with Gasteiger partial charge < -0.3 is 13.9 Å². The molecular formula is C23H21ClN4O5S. The normalized spacial score (nSPS) is 17.4. The Kier molecular flexibility index (Phi) is 5.70. The zero-order valence-corrected chi connectivity index (χ0v) is 19.9. The highest BCUT2D eigenvalue weighted by Crippen LogP contribution is 2.47. The van der Waals surface area contributed by atoms with Gasteiger partial charge in [0, 0.05) is 10.9 Å². The maximum absolute atomic E-state index is 13.3. The molecule has 4 aromatic rings. The highest BCUT2D eigenvalue weighted by molar-refractivity contribution is 7.93. The fourth-order valence-corrected chi connectivity index (χ4v) is 5.67. The van der Waals surface area contributed by atoms with E-state index in [1.54, 1.807) is 42.5 Å². The van der Waals surface area contributed by atoms with Crippen molar-refractivity contribution in [1.82, 2.24) is 14.8 Å². The van der Waals surface area contributed by atoms with Crippen molar-refractivity contribution in [2.75, 3.05) is 18.9 Å². The summed E-state index contributed by atoms with van der Waals surface area (Å²) < 4.78 is 47.3. The number of nitrogens with zero attached hydrogens (tertiary/aromatic N) is 3. The topological polar surface area (TPSA) is 108 Å². The first-order valence-corrected chi connectivity index (χ1v) is 12.3.